The lowest BCUT2D eigenvalue weighted by Gasteiger charge is -2.52. The van der Waals surface area contributed by atoms with E-state index >= 15 is 0 Å². The molecule has 1 saturated carbocycles. The van der Waals surface area contributed by atoms with Crippen LogP contribution in [0.1, 0.15) is 46.5 Å². The van der Waals surface area contributed by atoms with E-state index in [1.807, 2.05) is 20.8 Å². The van der Waals surface area contributed by atoms with E-state index in [0.29, 0.717) is 19.5 Å². The molecular formula is C14H23NO4. The molecule has 1 atom stereocenters. The Hall–Kier alpha value is -1.26. The van der Waals surface area contributed by atoms with E-state index < -0.39 is 11.6 Å². The zero-order valence-electron chi connectivity index (χ0n) is 11.9. The molecule has 108 valence electrons. The Balaban J connectivity index is 2.04. The molecule has 0 bridgehead atoms. The molecule has 2 fully saturated rings. The number of carbonyl (C=O) groups is 2. The summed E-state index contributed by atoms with van der Waals surface area (Å²) in [4.78, 5) is 25.1. The molecule has 5 heteroatoms. The van der Waals surface area contributed by atoms with E-state index in [9.17, 15) is 14.7 Å². The summed E-state index contributed by atoms with van der Waals surface area (Å²) in [7, 11) is 0. The fourth-order valence-corrected chi connectivity index (χ4v) is 3.17. The van der Waals surface area contributed by atoms with Crippen LogP contribution in [0.15, 0.2) is 0 Å². The number of likely N-dealkylation sites (tertiary alicyclic amines) is 1. The third-order valence-electron chi connectivity index (χ3n) is 4.23. The van der Waals surface area contributed by atoms with E-state index in [4.69, 9.17) is 4.74 Å². The Labute approximate surface area is 113 Å². The van der Waals surface area contributed by atoms with E-state index in [0.717, 1.165) is 19.3 Å². The minimum Gasteiger partial charge on any atom is -0.481 e. The monoisotopic (exact) mass is 269 g/mol. The van der Waals surface area contributed by atoms with E-state index in [2.05, 4.69) is 0 Å². The van der Waals surface area contributed by atoms with Crippen molar-refractivity contribution in [1.29, 1.82) is 0 Å². The summed E-state index contributed by atoms with van der Waals surface area (Å²) in [6, 6.07) is 0. The fraction of sp³-hybridized carbons (Fsp3) is 0.857. The van der Waals surface area contributed by atoms with Gasteiger partial charge in [-0.2, -0.15) is 0 Å². The van der Waals surface area contributed by atoms with Crippen LogP contribution in [-0.2, 0) is 9.53 Å². The largest absolute Gasteiger partial charge is 0.481 e. The summed E-state index contributed by atoms with van der Waals surface area (Å²) in [6.45, 7) is 6.53. The highest BCUT2D eigenvalue weighted by Crippen LogP contribution is 2.51. The maximum absolute atomic E-state index is 12.1. The molecule has 2 aliphatic rings. The van der Waals surface area contributed by atoms with Crippen LogP contribution in [0, 0.1) is 11.3 Å². The van der Waals surface area contributed by atoms with Gasteiger partial charge in [-0.15, -0.1) is 0 Å². The van der Waals surface area contributed by atoms with Crippen LogP contribution in [0.2, 0.25) is 0 Å². The summed E-state index contributed by atoms with van der Waals surface area (Å²) in [5.41, 5.74) is -0.714. The molecule has 1 aliphatic heterocycles. The van der Waals surface area contributed by atoms with Crippen LogP contribution < -0.4 is 0 Å². The second kappa shape index (κ2) is 4.69. The van der Waals surface area contributed by atoms with Gasteiger partial charge in [-0.25, -0.2) is 4.79 Å². The molecule has 5 nitrogen and oxygen atoms in total. The molecule has 0 aromatic rings. The third kappa shape index (κ3) is 2.85. The van der Waals surface area contributed by atoms with Gasteiger partial charge in [-0.1, -0.05) is 6.42 Å². The van der Waals surface area contributed by atoms with E-state index in [-0.39, 0.29) is 17.4 Å². The lowest BCUT2D eigenvalue weighted by molar-refractivity contribution is -0.155. The van der Waals surface area contributed by atoms with Crippen molar-refractivity contribution in [1.82, 2.24) is 4.90 Å². The highest BCUT2D eigenvalue weighted by molar-refractivity contribution is 5.73. The summed E-state index contributed by atoms with van der Waals surface area (Å²) in [6.07, 6.45) is 3.09. The summed E-state index contributed by atoms with van der Waals surface area (Å²) in [5, 5.41) is 9.32. The molecule has 1 N–H and O–H groups in total. The molecule has 2 rings (SSSR count). The SMILES string of the molecule is CC(C)(C)OC(=O)N1CCC(C(=O)O)C2(CCC2)C1. The molecule has 1 saturated heterocycles. The standard InChI is InChI=1S/C14H23NO4/c1-13(2,3)19-12(18)15-8-5-10(11(16)17)14(9-15)6-4-7-14/h10H,4-9H2,1-3H3,(H,16,17). The predicted molar refractivity (Wildman–Crippen MR) is 69.8 cm³/mol. The van der Waals surface area contributed by atoms with Gasteiger partial charge >= 0.3 is 12.1 Å². The first-order chi connectivity index (χ1) is 8.73. The average Bonchev–Trinajstić information content (AvgIpc) is 2.23. The van der Waals surface area contributed by atoms with Crippen LogP contribution >= 0.6 is 0 Å². The number of carboxylic acids is 1. The Morgan fingerprint density at radius 3 is 2.37 bits per heavy atom. The quantitative estimate of drug-likeness (QED) is 0.794. The van der Waals surface area contributed by atoms with Gasteiger partial charge in [0.2, 0.25) is 0 Å². The Morgan fingerprint density at radius 1 is 1.32 bits per heavy atom. The first-order valence-electron chi connectivity index (χ1n) is 6.94. The highest BCUT2D eigenvalue weighted by Gasteiger charge is 2.51. The van der Waals surface area contributed by atoms with Gasteiger partial charge in [0.1, 0.15) is 5.60 Å². The van der Waals surface area contributed by atoms with Crippen LogP contribution in [-0.4, -0.2) is 40.8 Å². The van der Waals surface area contributed by atoms with Crippen molar-refractivity contribution >= 4 is 12.1 Å². The van der Waals surface area contributed by atoms with Crippen molar-refractivity contribution in [2.45, 2.75) is 52.1 Å². The molecule has 1 heterocycles. The molecule has 1 aliphatic carbocycles. The van der Waals surface area contributed by atoms with Gasteiger partial charge in [0.05, 0.1) is 5.92 Å². The number of amides is 1. The molecule has 0 radical (unpaired) electrons. The second-order valence-corrected chi connectivity index (χ2v) is 6.80. The maximum Gasteiger partial charge on any atom is 0.410 e. The topological polar surface area (TPSA) is 66.8 Å². The maximum atomic E-state index is 12.1. The molecule has 1 amide bonds. The zero-order chi connectivity index (χ0) is 14.3. The molecule has 1 spiro atoms. The van der Waals surface area contributed by atoms with Crippen LogP contribution in [0.25, 0.3) is 0 Å². The van der Waals surface area contributed by atoms with Gasteiger partial charge in [0, 0.05) is 18.5 Å². The average molecular weight is 269 g/mol. The van der Waals surface area contributed by atoms with Crippen molar-refractivity contribution in [2.24, 2.45) is 11.3 Å². The molecule has 0 aromatic carbocycles. The van der Waals surface area contributed by atoms with Gasteiger partial charge in [-0.05, 0) is 40.0 Å². The van der Waals surface area contributed by atoms with Gasteiger partial charge < -0.3 is 14.7 Å². The smallest absolute Gasteiger partial charge is 0.410 e. The van der Waals surface area contributed by atoms with Crippen molar-refractivity contribution in [3.8, 4) is 0 Å². The van der Waals surface area contributed by atoms with Crippen molar-refractivity contribution in [3.05, 3.63) is 0 Å². The number of piperidine rings is 1. The normalized spacial score (nSPS) is 25.8. The molecular weight excluding hydrogens is 246 g/mol. The van der Waals surface area contributed by atoms with Crippen molar-refractivity contribution in [2.75, 3.05) is 13.1 Å². The number of carbonyl (C=O) groups excluding carboxylic acids is 1. The van der Waals surface area contributed by atoms with E-state index in [1.165, 1.54) is 0 Å². The third-order valence-corrected chi connectivity index (χ3v) is 4.23. The van der Waals surface area contributed by atoms with Crippen LogP contribution in [0.4, 0.5) is 4.79 Å². The fourth-order valence-electron chi connectivity index (χ4n) is 3.17. The first-order valence-corrected chi connectivity index (χ1v) is 6.94. The number of aliphatic carboxylic acids is 1. The van der Waals surface area contributed by atoms with Gasteiger partial charge in [-0.3, -0.25) is 4.79 Å². The first kappa shape index (κ1) is 14.2. The van der Waals surface area contributed by atoms with Crippen molar-refractivity contribution < 1.29 is 19.4 Å². The van der Waals surface area contributed by atoms with Crippen molar-refractivity contribution in [3.63, 3.8) is 0 Å². The molecule has 19 heavy (non-hydrogen) atoms. The van der Waals surface area contributed by atoms with Crippen LogP contribution in [0.5, 0.6) is 0 Å². The minimum atomic E-state index is -0.719. The highest BCUT2D eigenvalue weighted by atomic mass is 16.6. The predicted octanol–water partition coefficient (Wildman–Crippen LogP) is 2.50. The molecule has 0 aromatic heterocycles. The van der Waals surface area contributed by atoms with Gasteiger partial charge in [0.15, 0.2) is 0 Å². The molecule has 1 unspecified atom stereocenters. The number of hydrogen-bond donors (Lipinski definition) is 1. The number of rotatable bonds is 1. The number of hydrogen-bond acceptors (Lipinski definition) is 3. The summed E-state index contributed by atoms with van der Waals surface area (Å²) in [5.74, 6) is -1.02. The number of ether oxygens (including phenoxy) is 1. The minimum absolute atomic E-state index is 0.207. The Kier molecular flexibility index (Phi) is 3.49. The Bertz CT molecular complexity index is 381. The van der Waals surface area contributed by atoms with Gasteiger partial charge in [0.25, 0.3) is 0 Å². The lowest BCUT2D eigenvalue weighted by atomic mass is 9.58. The lowest BCUT2D eigenvalue weighted by Crippen LogP contribution is -2.56. The van der Waals surface area contributed by atoms with Crippen LogP contribution in [0.3, 0.4) is 0 Å². The summed E-state index contributed by atoms with van der Waals surface area (Å²) >= 11 is 0. The van der Waals surface area contributed by atoms with E-state index in [1.54, 1.807) is 4.90 Å². The number of carboxylic acid groups (broad SMARTS) is 1. The Morgan fingerprint density at radius 2 is 1.95 bits per heavy atom. The zero-order valence-corrected chi connectivity index (χ0v) is 11.9. The second-order valence-electron chi connectivity index (χ2n) is 6.80. The number of nitrogens with zero attached hydrogens (tertiary/aromatic N) is 1. The summed E-state index contributed by atoms with van der Waals surface area (Å²) < 4.78 is 5.37.